The van der Waals surface area contributed by atoms with Gasteiger partial charge >= 0.3 is 5.97 Å². The van der Waals surface area contributed by atoms with Crippen LogP contribution in [0.25, 0.3) is 0 Å². The first-order valence-electron chi connectivity index (χ1n) is 4.71. The molecule has 0 amide bonds. The van der Waals surface area contributed by atoms with Gasteiger partial charge in [0.1, 0.15) is 5.60 Å². The third-order valence-electron chi connectivity index (χ3n) is 2.47. The lowest BCUT2D eigenvalue weighted by Gasteiger charge is -2.28. The summed E-state index contributed by atoms with van der Waals surface area (Å²) in [5, 5.41) is 19.1. The minimum atomic E-state index is -1.49. The van der Waals surface area contributed by atoms with Gasteiger partial charge in [-0.25, -0.2) is 0 Å². The second kappa shape index (κ2) is 4.35. The van der Waals surface area contributed by atoms with Crippen molar-refractivity contribution in [3.8, 4) is 0 Å². The molecule has 0 aromatic carbocycles. The van der Waals surface area contributed by atoms with E-state index in [9.17, 15) is 9.90 Å². The maximum atomic E-state index is 10.9. The fraction of sp³-hybridized carbons (Fsp3) is 0.500. The van der Waals surface area contributed by atoms with Crippen molar-refractivity contribution in [1.82, 2.24) is 9.97 Å². The molecule has 0 aliphatic rings. The van der Waals surface area contributed by atoms with Crippen LogP contribution in [0.2, 0.25) is 0 Å². The van der Waals surface area contributed by atoms with Crippen LogP contribution in [0.15, 0.2) is 18.6 Å². The van der Waals surface area contributed by atoms with Gasteiger partial charge in [-0.3, -0.25) is 14.8 Å². The predicted octanol–water partition coefficient (Wildman–Crippen LogP) is 0.795. The van der Waals surface area contributed by atoms with E-state index in [4.69, 9.17) is 5.11 Å². The molecule has 1 aromatic heterocycles. The number of aliphatic hydroxyl groups is 1. The maximum absolute atomic E-state index is 10.9. The summed E-state index contributed by atoms with van der Waals surface area (Å²) in [6.07, 6.45) is 4.62. The Morgan fingerprint density at radius 2 is 2.27 bits per heavy atom. The number of carboxylic acid groups (broad SMARTS) is 1. The van der Waals surface area contributed by atoms with Gasteiger partial charge in [-0.05, 0) is 13.3 Å². The third-order valence-corrected chi connectivity index (χ3v) is 2.47. The molecule has 1 aromatic rings. The van der Waals surface area contributed by atoms with Crippen LogP contribution in [-0.4, -0.2) is 26.2 Å². The summed E-state index contributed by atoms with van der Waals surface area (Å²) < 4.78 is 0. The van der Waals surface area contributed by atoms with Crippen LogP contribution in [0.5, 0.6) is 0 Å². The van der Waals surface area contributed by atoms with Crippen LogP contribution in [0.1, 0.15) is 26.0 Å². The van der Waals surface area contributed by atoms with Crippen molar-refractivity contribution in [2.45, 2.75) is 25.9 Å². The Morgan fingerprint density at radius 3 is 2.67 bits per heavy atom. The number of nitrogens with zero attached hydrogens (tertiary/aromatic N) is 2. The summed E-state index contributed by atoms with van der Waals surface area (Å²) in [6, 6.07) is 0. The topological polar surface area (TPSA) is 83.3 Å². The lowest BCUT2D eigenvalue weighted by atomic mass is 9.84. The first-order chi connectivity index (χ1) is 7.00. The molecular formula is C10H14N2O3. The third kappa shape index (κ3) is 2.30. The second-order valence-corrected chi connectivity index (χ2v) is 3.54. The number of hydrogen-bond donors (Lipinski definition) is 2. The normalized spacial score (nSPS) is 16.7. The standard InChI is InChI=1S/C10H14N2O3/c1-3-7(9(13)14)10(2,15)8-6-11-4-5-12-8/h4-7,15H,3H2,1-2H3,(H,13,14). The van der Waals surface area contributed by atoms with Crippen LogP contribution in [0, 0.1) is 5.92 Å². The molecule has 0 saturated heterocycles. The SMILES string of the molecule is CCC(C(=O)O)C(C)(O)c1cnccn1. The molecule has 0 radical (unpaired) electrons. The average molecular weight is 210 g/mol. The van der Waals surface area contributed by atoms with Crippen molar-refractivity contribution in [2.24, 2.45) is 5.92 Å². The molecule has 0 spiro atoms. The maximum Gasteiger partial charge on any atom is 0.309 e. The molecule has 2 atom stereocenters. The highest BCUT2D eigenvalue weighted by Gasteiger charge is 2.38. The zero-order chi connectivity index (χ0) is 11.5. The molecule has 1 heterocycles. The number of carboxylic acids is 1. The Balaban J connectivity index is 3.05. The number of aromatic nitrogens is 2. The number of hydrogen-bond acceptors (Lipinski definition) is 4. The molecule has 1 rings (SSSR count). The Morgan fingerprint density at radius 1 is 1.60 bits per heavy atom. The Bertz CT molecular complexity index is 338. The minimum Gasteiger partial charge on any atom is -0.481 e. The van der Waals surface area contributed by atoms with Gasteiger partial charge in [-0.1, -0.05) is 6.92 Å². The lowest BCUT2D eigenvalue weighted by molar-refractivity contribution is -0.152. The van der Waals surface area contributed by atoms with E-state index in [1.807, 2.05) is 0 Å². The van der Waals surface area contributed by atoms with Crippen molar-refractivity contribution in [3.05, 3.63) is 24.3 Å². The number of carbonyl (C=O) groups is 1. The van der Waals surface area contributed by atoms with Gasteiger partial charge in [0.25, 0.3) is 0 Å². The van der Waals surface area contributed by atoms with Crippen molar-refractivity contribution in [2.75, 3.05) is 0 Å². The lowest BCUT2D eigenvalue weighted by Crippen LogP contribution is -2.37. The molecule has 0 fully saturated rings. The highest BCUT2D eigenvalue weighted by molar-refractivity contribution is 5.71. The largest absolute Gasteiger partial charge is 0.481 e. The van der Waals surface area contributed by atoms with Crippen LogP contribution in [0.4, 0.5) is 0 Å². The zero-order valence-electron chi connectivity index (χ0n) is 8.71. The minimum absolute atomic E-state index is 0.277. The quantitative estimate of drug-likeness (QED) is 0.767. The van der Waals surface area contributed by atoms with Crippen LogP contribution >= 0.6 is 0 Å². The summed E-state index contributed by atoms with van der Waals surface area (Å²) in [7, 11) is 0. The molecule has 0 aliphatic carbocycles. The van der Waals surface area contributed by atoms with E-state index >= 15 is 0 Å². The zero-order valence-corrected chi connectivity index (χ0v) is 8.71. The van der Waals surface area contributed by atoms with Gasteiger partial charge in [0.2, 0.25) is 0 Å². The van der Waals surface area contributed by atoms with E-state index < -0.39 is 17.5 Å². The molecule has 15 heavy (non-hydrogen) atoms. The van der Waals surface area contributed by atoms with Crippen LogP contribution in [0.3, 0.4) is 0 Å². The molecular weight excluding hydrogens is 196 g/mol. The molecule has 5 heteroatoms. The van der Waals surface area contributed by atoms with E-state index in [0.29, 0.717) is 6.42 Å². The number of aliphatic carboxylic acids is 1. The number of rotatable bonds is 4. The van der Waals surface area contributed by atoms with Crippen molar-refractivity contribution in [1.29, 1.82) is 0 Å². The Labute approximate surface area is 87.8 Å². The van der Waals surface area contributed by atoms with E-state index in [1.165, 1.54) is 25.5 Å². The molecule has 2 unspecified atom stereocenters. The summed E-state index contributed by atoms with van der Waals surface area (Å²) in [5.74, 6) is -1.91. The van der Waals surface area contributed by atoms with E-state index in [2.05, 4.69) is 9.97 Å². The fourth-order valence-corrected chi connectivity index (χ4v) is 1.55. The first kappa shape index (κ1) is 11.6. The molecule has 82 valence electrons. The molecule has 0 saturated carbocycles. The van der Waals surface area contributed by atoms with Gasteiger partial charge in [0.05, 0.1) is 17.8 Å². The van der Waals surface area contributed by atoms with Crippen molar-refractivity contribution in [3.63, 3.8) is 0 Å². The summed E-state index contributed by atoms with van der Waals surface area (Å²) in [4.78, 5) is 18.7. The van der Waals surface area contributed by atoms with Crippen LogP contribution < -0.4 is 0 Å². The Kier molecular flexibility index (Phi) is 3.36. The molecule has 5 nitrogen and oxygen atoms in total. The molecule has 0 bridgehead atoms. The molecule has 2 N–H and O–H groups in total. The second-order valence-electron chi connectivity index (χ2n) is 3.54. The smallest absolute Gasteiger partial charge is 0.309 e. The van der Waals surface area contributed by atoms with Crippen molar-refractivity contribution >= 4 is 5.97 Å². The van der Waals surface area contributed by atoms with Gasteiger partial charge < -0.3 is 10.2 Å². The highest BCUT2D eigenvalue weighted by atomic mass is 16.4. The monoisotopic (exact) mass is 210 g/mol. The summed E-state index contributed by atoms with van der Waals surface area (Å²) >= 11 is 0. The van der Waals surface area contributed by atoms with Gasteiger partial charge in [-0.15, -0.1) is 0 Å². The van der Waals surface area contributed by atoms with Crippen LogP contribution in [-0.2, 0) is 10.4 Å². The highest BCUT2D eigenvalue weighted by Crippen LogP contribution is 2.29. The Hall–Kier alpha value is -1.49. The predicted molar refractivity (Wildman–Crippen MR) is 53.0 cm³/mol. The van der Waals surface area contributed by atoms with E-state index in [-0.39, 0.29) is 5.69 Å². The van der Waals surface area contributed by atoms with E-state index in [1.54, 1.807) is 6.92 Å². The van der Waals surface area contributed by atoms with Gasteiger partial charge in [0.15, 0.2) is 0 Å². The van der Waals surface area contributed by atoms with Gasteiger partial charge in [-0.2, -0.15) is 0 Å². The fourth-order valence-electron chi connectivity index (χ4n) is 1.55. The first-order valence-corrected chi connectivity index (χ1v) is 4.71. The van der Waals surface area contributed by atoms with Gasteiger partial charge in [0, 0.05) is 12.4 Å². The van der Waals surface area contributed by atoms with Crippen molar-refractivity contribution < 1.29 is 15.0 Å². The molecule has 0 aliphatic heterocycles. The average Bonchev–Trinajstić information content (AvgIpc) is 2.19. The summed E-state index contributed by atoms with van der Waals surface area (Å²) in [6.45, 7) is 3.16. The van der Waals surface area contributed by atoms with E-state index in [0.717, 1.165) is 0 Å². The summed E-state index contributed by atoms with van der Waals surface area (Å²) in [5.41, 5.74) is -1.21.